The second-order valence-electron chi connectivity index (χ2n) is 3.84. The molecule has 0 amide bonds. The van der Waals surface area contributed by atoms with Gasteiger partial charge < -0.3 is 5.32 Å². The van der Waals surface area contributed by atoms with Crippen molar-refractivity contribution in [1.82, 2.24) is 4.98 Å². The van der Waals surface area contributed by atoms with E-state index in [1.54, 1.807) is 12.3 Å². The number of rotatable bonds is 3. The van der Waals surface area contributed by atoms with Gasteiger partial charge in [0.25, 0.3) is 0 Å². The molecule has 0 saturated carbocycles. The van der Waals surface area contributed by atoms with Gasteiger partial charge in [-0.2, -0.15) is 5.26 Å². The van der Waals surface area contributed by atoms with Gasteiger partial charge in [0.05, 0.1) is 10.0 Å². The van der Waals surface area contributed by atoms with E-state index in [9.17, 15) is 0 Å². The molecule has 2 aromatic rings. The highest BCUT2D eigenvalue weighted by atomic mass is 79.9. The largest absolute Gasteiger partial charge is 0.339 e. The van der Waals surface area contributed by atoms with Crippen LogP contribution in [0.25, 0.3) is 0 Å². The molecule has 0 saturated heterocycles. The highest BCUT2D eigenvalue weighted by Gasteiger charge is 2.03. The van der Waals surface area contributed by atoms with Crippen LogP contribution in [-0.2, 0) is 6.42 Å². The molecule has 3 nitrogen and oxygen atoms in total. The zero-order valence-electron chi connectivity index (χ0n) is 9.94. The number of nitrogens with zero attached hydrogens (tertiary/aromatic N) is 2. The summed E-state index contributed by atoms with van der Waals surface area (Å²) in [5.41, 5.74) is 2.81. The normalized spacial score (nSPS) is 9.83. The molecule has 0 atom stereocenters. The molecule has 0 fully saturated rings. The lowest BCUT2D eigenvalue weighted by atomic mass is 10.1. The Balaban J connectivity index is 2.20. The van der Waals surface area contributed by atoms with Crippen LogP contribution in [0.15, 0.2) is 41.0 Å². The molecule has 0 aliphatic rings. The van der Waals surface area contributed by atoms with Crippen LogP contribution < -0.4 is 5.32 Å². The van der Waals surface area contributed by atoms with Crippen LogP contribution in [0.1, 0.15) is 18.1 Å². The maximum Gasteiger partial charge on any atom is 0.144 e. The Morgan fingerprint density at radius 3 is 2.61 bits per heavy atom. The SMILES string of the molecule is CCc1ccc(Nc2ncc(C#N)cc2Br)cc1. The van der Waals surface area contributed by atoms with Crippen LogP contribution in [0, 0.1) is 11.3 Å². The average molecular weight is 302 g/mol. The zero-order valence-corrected chi connectivity index (χ0v) is 11.5. The maximum atomic E-state index is 8.77. The van der Waals surface area contributed by atoms with Gasteiger partial charge in [0.2, 0.25) is 0 Å². The van der Waals surface area contributed by atoms with E-state index in [2.05, 4.69) is 51.4 Å². The lowest BCUT2D eigenvalue weighted by Gasteiger charge is -2.08. The molecule has 1 heterocycles. The number of halogens is 1. The standard InChI is InChI=1S/C14H12BrN3/c1-2-10-3-5-12(6-4-10)18-14-13(15)7-11(8-16)9-17-14/h3-7,9H,2H2,1H3,(H,17,18). The van der Waals surface area contributed by atoms with Gasteiger partial charge in [-0.3, -0.25) is 0 Å². The molecule has 2 rings (SSSR count). The summed E-state index contributed by atoms with van der Waals surface area (Å²) in [7, 11) is 0. The van der Waals surface area contributed by atoms with E-state index >= 15 is 0 Å². The Morgan fingerprint density at radius 2 is 2.06 bits per heavy atom. The predicted molar refractivity (Wildman–Crippen MR) is 75.8 cm³/mol. The van der Waals surface area contributed by atoms with Crippen molar-refractivity contribution in [3.63, 3.8) is 0 Å². The Bertz CT molecular complexity index is 585. The highest BCUT2D eigenvalue weighted by Crippen LogP contribution is 2.24. The first-order valence-electron chi connectivity index (χ1n) is 5.64. The molecule has 0 bridgehead atoms. The quantitative estimate of drug-likeness (QED) is 0.931. The van der Waals surface area contributed by atoms with Gasteiger partial charge in [-0.25, -0.2) is 4.98 Å². The summed E-state index contributed by atoms with van der Waals surface area (Å²) in [5.74, 6) is 0.707. The fraction of sp³-hybridized carbons (Fsp3) is 0.143. The minimum atomic E-state index is 0.536. The topological polar surface area (TPSA) is 48.7 Å². The van der Waals surface area contributed by atoms with Gasteiger partial charge in [0.15, 0.2) is 0 Å². The fourth-order valence-electron chi connectivity index (χ4n) is 1.55. The highest BCUT2D eigenvalue weighted by molar-refractivity contribution is 9.10. The average Bonchev–Trinajstić information content (AvgIpc) is 2.42. The fourth-order valence-corrected chi connectivity index (χ4v) is 2.00. The lowest BCUT2D eigenvalue weighted by molar-refractivity contribution is 1.14. The molecular weight excluding hydrogens is 290 g/mol. The second kappa shape index (κ2) is 5.65. The monoisotopic (exact) mass is 301 g/mol. The van der Waals surface area contributed by atoms with Crippen molar-refractivity contribution in [2.45, 2.75) is 13.3 Å². The minimum absolute atomic E-state index is 0.536. The molecule has 90 valence electrons. The number of benzene rings is 1. The number of anilines is 2. The molecule has 4 heteroatoms. The Labute approximate surface area is 115 Å². The summed E-state index contributed by atoms with van der Waals surface area (Å²) >= 11 is 3.40. The number of nitriles is 1. The Kier molecular flexibility index (Phi) is 3.96. The van der Waals surface area contributed by atoms with Crippen molar-refractivity contribution in [2.24, 2.45) is 0 Å². The Hall–Kier alpha value is -1.86. The van der Waals surface area contributed by atoms with E-state index in [1.165, 1.54) is 5.56 Å². The third kappa shape index (κ3) is 2.88. The first-order chi connectivity index (χ1) is 8.72. The summed E-state index contributed by atoms with van der Waals surface area (Å²) in [6.45, 7) is 2.13. The van der Waals surface area contributed by atoms with Gasteiger partial charge >= 0.3 is 0 Å². The summed E-state index contributed by atoms with van der Waals surface area (Å²) < 4.78 is 0.779. The van der Waals surface area contributed by atoms with E-state index < -0.39 is 0 Å². The number of hydrogen-bond acceptors (Lipinski definition) is 3. The minimum Gasteiger partial charge on any atom is -0.339 e. The molecule has 0 aliphatic heterocycles. The van der Waals surface area contributed by atoms with E-state index in [1.807, 2.05) is 12.1 Å². The molecule has 0 radical (unpaired) electrons. The second-order valence-corrected chi connectivity index (χ2v) is 4.70. The summed E-state index contributed by atoms with van der Waals surface area (Å²) in [4.78, 5) is 4.21. The molecule has 0 spiro atoms. The third-order valence-corrected chi connectivity index (χ3v) is 3.20. The van der Waals surface area contributed by atoms with E-state index in [-0.39, 0.29) is 0 Å². The molecule has 1 aromatic carbocycles. The first kappa shape index (κ1) is 12.6. The molecule has 0 aliphatic carbocycles. The van der Waals surface area contributed by atoms with Crippen LogP contribution in [0.3, 0.4) is 0 Å². The van der Waals surface area contributed by atoms with Crippen LogP contribution >= 0.6 is 15.9 Å². The maximum absolute atomic E-state index is 8.77. The lowest BCUT2D eigenvalue weighted by Crippen LogP contribution is -1.95. The number of aryl methyl sites for hydroxylation is 1. The van der Waals surface area contributed by atoms with Crippen LogP contribution in [0.4, 0.5) is 11.5 Å². The summed E-state index contributed by atoms with van der Waals surface area (Å²) in [6, 6.07) is 12.0. The summed E-state index contributed by atoms with van der Waals surface area (Å²) in [5, 5.41) is 12.0. The smallest absolute Gasteiger partial charge is 0.144 e. The molecular formula is C14H12BrN3. The van der Waals surface area contributed by atoms with Crippen molar-refractivity contribution in [1.29, 1.82) is 5.26 Å². The van der Waals surface area contributed by atoms with Crippen molar-refractivity contribution < 1.29 is 0 Å². The zero-order chi connectivity index (χ0) is 13.0. The van der Waals surface area contributed by atoms with Gasteiger partial charge in [-0.1, -0.05) is 19.1 Å². The van der Waals surface area contributed by atoms with Gasteiger partial charge in [0, 0.05) is 11.9 Å². The number of hydrogen-bond donors (Lipinski definition) is 1. The number of nitrogens with one attached hydrogen (secondary N) is 1. The van der Waals surface area contributed by atoms with Gasteiger partial charge in [-0.15, -0.1) is 0 Å². The van der Waals surface area contributed by atoms with Crippen molar-refractivity contribution in [2.75, 3.05) is 5.32 Å². The van der Waals surface area contributed by atoms with E-state index in [4.69, 9.17) is 5.26 Å². The molecule has 1 N–H and O–H groups in total. The summed E-state index contributed by atoms with van der Waals surface area (Å²) in [6.07, 6.45) is 2.58. The van der Waals surface area contributed by atoms with Crippen LogP contribution in [0.5, 0.6) is 0 Å². The molecule has 1 aromatic heterocycles. The van der Waals surface area contributed by atoms with Gasteiger partial charge in [0.1, 0.15) is 11.9 Å². The van der Waals surface area contributed by atoms with Crippen molar-refractivity contribution in [3.8, 4) is 6.07 Å². The van der Waals surface area contributed by atoms with Crippen molar-refractivity contribution in [3.05, 3.63) is 52.1 Å². The van der Waals surface area contributed by atoms with Crippen LogP contribution in [0.2, 0.25) is 0 Å². The van der Waals surface area contributed by atoms with Gasteiger partial charge in [-0.05, 0) is 46.1 Å². The molecule has 0 unspecified atom stereocenters. The number of pyridine rings is 1. The van der Waals surface area contributed by atoms with Crippen LogP contribution in [-0.4, -0.2) is 4.98 Å². The number of aromatic nitrogens is 1. The van der Waals surface area contributed by atoms with E-state index in [0.717, 1.165) is 16.6 Å². The third-order valence-electron chi connectivity index (χ3n) is 2.60. The Morgan fingerprint density at radius 1 is 1.33 bits per heavy atom. The van der Waals surface area contributed by atoms with Crippen molar-refractivity contribution >= 4 is 27.4 Å². The first-order valence-corrected chi connectivity index (χ1v) is 6.44. The predicted octanol–water partition coefficient (Wildman–Crippen LogP) is 4.02. The van der Waals surface area contributed by atoms with E-state index in [0.29, 0.717) is 11.4 Å². The molecule has 18 heavy (non-hydrogen) atoms.